The van der Waals surface area contributed by atoms with Gasteiger partial charge in [-0.25, -0.2) is 4.79 Å². The molecule has 21 nitrogen and oxygen atoms in total. The van der Waals surface area contributed by atoms with E-state index in [1.165, 1.54) is 0 Å². The van der Waals surface area contributed by atoms with Crippen molar-refractivity contribution >= 4 is 17.8 Å². The highest BCUT2D eigenvalue weighted by atomic mass is 16.8. The van der Waals surface area contributed by atoms with Crippen molar-refractivity contribution < 1.29 is 94.2 Å². The highest BCUT2D eigenvalue weighted by Gasteiger charge is 2.57. The highest BCUT2D eigenvalue weighted by molar-refractivity contribution is 5.76. The Kier molecular flexibility index (Phi) is 13.1. The first-order chi connectivity index (χ1) is 21.5. The number of carboxylic acids is 1. The van der Waals surface area contributed by atoms with Crippen LogP contribution in [0.1, 0.15) is 20.3 Å². The average molecular weight is 675 g/mol. The Bertz CT molecular complexity index is 1050. The summed E-state index contributed by atoms with van der Waals surface area (Å²) in [7, 11) is 0. The van der Waals surface area contributed by atoms with Gasteiger partial charge in [0.05, 0.1) is 32.0 Å². The number of amides is 2. The van der Waals surface area contributed by atoms with Crippen molar-refractivity contribution in [2.45, 2.75) is 118 Å². The van der Waals surface area contributed by atoms with Crippen molar-refractivity contribution in [1.29, 1.82) is 0 Å². The predicted molar refractivity (Wildman–Crippen MR) is 142 cm³/mol. The number of carbonyl (C=O) groups excluding carboxylic acids is 2. The van der Waals surface area contributed by atoms with Crippen LogP contribution in [0.25, 0.3) is 0 Å². The van der Waals surface area contributed by atoms with Crippen LogP contribution in [0.2, 0.25) is 0 Å². The average Bonchev–Trinajstić information content (AvgIpc) is 2.99. The van der Waals surface area contributed by atoms with E-state index in [-0.39, 0.29) is 0 Å². The molecule has 3 aliphatic rings. The molecular formula is C25H42N2O19. The van der Waals surface area contributed by atoms with E-state index in [9.17, 15) is 70.6 Å². The molecule has 3 fully saturated rings. The Morgan fingerprint density at radius 3 is 2.02 bits per heavy atom. The van der Waals surface area contributed by atoms with Gasteiger partial charge in [-0.1, -0.05) is 0 Å². The van der Waals surface area contributed by atoms with Gasteiger partial charge in [-0.05, 0) is 0 Å². The number of carbonyl (C=O) groups is 3. The maximum Gasteiger partial charge on any atom is 0.364 e. The zero-order valence-electron chi connectivity index (χ0n) is 24.7. The number of nitrogens with one attached hydrogen (secondary N) is 2. The van der Waals surface area contributed by atoms with Crippen molar-refractivity contribution in [2.75, 3.05) is 19.8 Å². The second kappa shape index (κ2) is 15.8. The number of carboxylic acid groups (broad SMARTS) is 1. The SMILES string of the molecule is CC(=O)N[C@H]1[C@H]([C@H](O)[C@H](O)CO)O[C@@](OC[C@H]2O[C@H](O[C@H]3[C@@H](O)[C@@H](CO)OC(O)[C@@H]3NC(C)=O)[C@H](O)[C@@H](O)[C@H]2O)(C(=O)O)C[C@@H]1O. The van der Waals surface area contributed by atoms with Crippen LogP contribution in [0.15, 0.2) is 0 Å². The maximum absolute atomic E-state index is 12.4. The van der Waals surface area contributed by atoms with E-state index in [1.54, 1.807) is 0 Å². The van der Waals surface area contributed by atoms with Gasteiger partial charge < -0.3 is 90.5 Å². The van der Waals surface area contributed by atoms with Crippen molar-refractivity contribution in [1.82, 2.24) is 10.6 Å². The molecule has 0 spiro atoms. The molecule has 2 amide bonds. The van der Waals surface area contributed by atoms with Gasteiger partial charge in [-0.3, -0.25) is 9.59 Å². The van der Waals surface area contributed by atoms with E-state index in [2.05, 4.69) is 10.6 Å². The lowest BCUT2D eigenvalue weighted by Crippen LogP contribution is -2.69. The standard InChI is InChI=1S/C25H42N2O19/c1-7(30)26-13-9(32)3-25(24(40)41,46-21(13)15(34)10(33)4-28)42-6-12-16(35)18(37)19(38)23(44-12)45-20-14(27-8(2)31)22(39)43-11(5-29)17(20)36/h9-23,28-29,32-39H,3-6H2,1-2H3,(H,26,30)(H,27,31)(H,40,41)/t9-,10+,11+,12+,13+,14+,15+,16-,17-,18-,19+,20+,21+,22?,23+,25+/m0/s1. The smallest absolute Gasteiger partial charge is 0.364 e. The Hall–Kier alpha value is -2.19. The maximum atomic E-state index is 12.4. The third kappa shape index (κ3) is 8.26. The van der Waals surface area contributed by atoms with Gasteiger partial charge >= 0.3 is 5.97 Å². The van der Waals surface area contributed by atoms with Gasteiger partial charge in [0.15, 0.2) is 12.6 Å². The molecule has 21 heteroatoms. The van der Waals surface area contributed by atoms with Gasteiger partial charge in [0.2, 0.25) is 11.8 Å². The first kappa shape index (κ1) is 38.3. The van der Waals surface area contributed by atoms with Gasteiger partial charge in [0.25, 0.3) is 5.79 Å². The van der Waals surface area contributed by atoms with E-state index < -0.39 is 142 Å². The molecule has 0 aromatic carbocycles. The number of aliphatic carboxylic acids is 1. The van der Waals surface area contributed by atoms with Crippen molar-refractivity contribution in [3.05, 3.63) is 0 Å². The minimum absolute atomic E-state index is 0.702. The largest absolute Gasteiger partial charge is 0.477 e. The minimum atomic E-state index is -2.85. The lowest BCUT2D eigenvalue weighted by molar-refractivity contribution is -0.356. The second-order valence-corrected chi connectivity index (χ2v) is 11.3. The second-order valence-electron chi connectivity index (χ2n) is 11.3. The lowest BCUT2D eigenvalue weighted by atomic mass is 9.88. The molecule has 266 valence electrons. The number of ether oxygens (including phenoxy) is 5. The summed E-state index contributed by atoms with van der Waals surface area (Å²) >= 11 is 0. The zero-order valence-corrected chi connectivity index (χ0v) is 24.7. The predicted octanol–water partition coefficient (Wildman–Crippen LogP) is -8.08. The van der Waals surface area contributed by atoms with E-state index >= 15 is 0 Å². The number of aliphatic hydroxyl groups is 10. The molecule has 13 N–H and O–H groups in total. The Balaban J connectivity index is 1.85. The molecule has 0 aliphatic carbocycles. The molecule has 0 aromatic rings. The molecule has 46 heavy (non-hydrogen) atoms. The van der Waals surface area contributed by atoms with Crippen molar-refractivity contribution in [2.24, 2.45) is 0 Å². The summed E-state index contributed by atoms with van der Waals surface area (Å²) < 4.78 is 27.2. The number of rotatable bonds is 12. The molecule has 3 heterocycles. The van der Waals surface area contributed by atoms with E-state index in [0.29, 0.717) is 0 Å². The van der Waals surface area contributed by atoms with Gasteiger partial charge in [-0.15, -0.1) is 0 Å². The summed E-state index contributed by atoms with van der Waals surface area (Å²) in [5, 5.41) is 118. The normalized spacial score (nSPS) is 42.9. The zero-order chi connectivity index (χ0) is 34.7. The molecular weight excluding hydrogens is 632 g/mol. The Morgan fingerprint density at radius 2 is 1.48 bits per heavy atom. The monoisotopic (exact) mass is 674 g/mol. The first-order valence-electron chi connectivity index (χ1n) is 14.2. The Morgan fingerprint density at radius 1 is 0.870 bits per heavy atom. The topological polar surface area (TPSA) is 344 Å². The van der Waals surface area contributed by atoms with E-state index in [0.717, 1.165) is 13.8 Å². The molecule has 0 aromatic heterocycles. The molecule has 3 saturated heterocycles. The van der Waals surface area contributed by atoms with Crippen LogP contribution < -0.4 is 10.6 Å². The molecule has 16 atom stereocenters. The summed E-state index contributed by atoms with van der Waals surface area (Å²) in [6.45, 7) is -0.685. The number of hydrogen-bond acceptors (Lipinski definition) is 18. The fourth-order valence-electron chi connectivity index (χ4n) is 5.45. The van der Waals surface area contributed by atoms with Crippen molar-refractivity contribution in [3.63, 3.8) is 0 Å². The summed E-state index contributed by atoms with van der Waals surface area (Å²) in [6.07, 6.45) is -25.0. The van der Waals surface area contributed by atoms with Crippen molar-refractivity contribution in [3.8, 4) is 0 Å². The molecule has 3 rings (SSSR count). The lowest BCUT2D eigenvalue weighted by Gasteiger charge is -2.48. The summed E-state index contributed by atoms with van der Waals surface area (Å²) in [6, 6.07) is -2.98. The van der Waals surface area contributed by atoms with Crippen LogP contribution in [0, 0.1) is 0 Å². The number of aliphatic hydroxyl groups excluding tert-OH is 10. The summed E-state index contributed by atoms with van der Waals surface area (Å²) in [5.74, 6) is -6.15. The fourth-order valence-corrected chi connectivity index (χ4v) is 5.45. The van der Waals surface area contributed by atoms with Crippen LogP contribution in [0.5, 0.6) is 0 Å². The quantitative estimate of drug-likeness (QED) is 0.0913. The van der Waals surface area contributed by atoms with E-state index in [4.69, 9.17) is 23.7 Å². The molecule has 0 radical (unpaired) electrons. The molecule has 1 unspecified atom stereocenters. The first-order valence-corrected chi connectivity index (χ1v) is 14.2. The molecule has 3 aliphatic heterocycles. The highest BCUT2D eigenvalue weighted by Crippen LogP contribution is 2.35. The van der Waals surface area contributed by atoms with Crippen LogP contribution in [0.3, 0.4) is 0 Å². The molecule has 0 saturated carbocycles. The molecule has 0 bridgehead atoms. The third-order valence-corrected chi connectivity index (χ3v) is 7.87. The minimum Gasteiger partial charge on any atom is -0.477 e. The summed E-state index contributed by atoms with van der Waals surface area (Å²) in [4.78, 5) is 35.9. The Labute approximate surface area is 260 Å². The van der Waals surface area contributed by atoms with Crippen LogP contribution in [-0.4, -0.2) is 191 Å². The third-order valence-electron chi connectivity index (χ3n) is 7.87. The van der Waals surface area contributed by atoms with Crippen LogP contribution in [0.4, 0.5) is 0 Å². The van der Waals surface area contributed by atoms with Crippen LogP contribution in [-0.2, 0) is 38.1 Å². The van der Waals surface area contributed by atoms with Gasteiger partial charge in [0.1, 0.15) is 67.1 Å². The van der Waals surface area contributed by atoms with E-state index in [1.807, 2.05) is 0 Å². The van der Waals surface area contributed by atoms with Crippen LogP contribution >= 0.6 is 0 Å². The fraction of sp³-hybridized carbons (Fsp3) is 0.880. The summed E-state index contributed by atoms with van der Waals surface area (Å²) in [5.41, 5.74) is 0. The number of hydrogen-bond donors (Lipinski definition) is 13. The van der Waals surface area contributed by atoms with Gasteiger partial charge in [-0.2, -0.15) is 0 Å². The van der Waals surface area contributed by atoms with Gasteiger partial charge in [0, 0.05) is 20.3 Å².